The number of hydrogen-bond donors (Lipinski definition) is 4. The van der Waals surface area contributed by atoms with E-state index in [0.717, 1.165) is 25.7 Å². The number of likely N-dealkylation sites (tertiary alicyclic amines) is 1. The minimum Gasteiger partial charge on any atom is -0.446 e. The molecule has 40 heavy (non-hydrogen) atoms. The van der Waals surface area contributed by atoms with E-state index in [1.165, 1.54) is 4.90 Å². The van der Waals surface area contributed by atoms with Gasteiger partial charge in [0.25, 0.3) is 5.91 Å². The molecular weight excluding hydrogens is 544 g/mol. The fraction of sp³-hybridized carbons (Fsp3) is 0.846. The Morgan fingerprint density at radius 3 is 2.27 bits per heavy atom. The minimum atomic E-state index is -4.34. The first kappa shape index (κ1) is 30.5. The van der Waals surface area contributed by atoms with Gasteiger partial charge in [0.05, 0.1) is 12.2 Å². The smallest absolute Gasteiger partial charge is 0.408 e. The molecule has 1 aliphatic heterocycles. The molecule has 0 radical (unpaired) electrons. The molecule has 4 fully saturated rings. The lowest BCUT2D eigenvalue weighted by Gasteiger charge is -2.35. The Morgan fingerprint density at radius 2 is 1.73 bits per heavy atom. The lowest BCUT2D eigenvalue weighted by molar-refractivity contribution is -0.143. The Kier molecular flexibility index (Phi) is 8.72. The number of alkyl carbamates (subject to hydrolysis) is 1. The van der Waals surface area contributed by atoms with Gasteiger partial charge < -0.3 is 25.4 Å². The average molecular weight is 587 g/mol. The molecule has 0 bridgehead atoms. The van der Waals surface area contributed by atoms with E-state index in [-0.39, 0.29) is 31.4 Å². The first-order valence-corrected chi connectivity index (χ1v) is 15.6. The zero-order valence-electron chi connectivity index (χ0n) is 23.6. The van der Waals surface area contributed by atoms with Crippen molar-refractivity contribution in [3.63, 3.8) is 0 Å². The van der Waals surface area contributed by atoms with Crippen LogP contribution in [-0.2, 0) is 33.6 Å². The van der Waals surface area contributed by atoms with E-state index < -0.39 is 69.4 Å². The third-order valence-corrected chi connectivity index (χ3v) is 9.13. The zero-order valence-corrected chi connectivity index (χ0v) is 24.4. The molecule has 4 rings (SSSR count). The minimum absolute atomic E-state index is 0.0709. The van der Waals surface area contributed by atoms with Gasteiger partial charge in [0.2, 0.25) is 11.8 Å². The van der Waals surface area contributed by atoms with E-state index in [9.17, 15) is 32.7 Å². The molecule has 13 nitrogen and oxygen atoms in total. The molecule has 1 saturated heterocycles. The van der Waals surface area contributed by atoms with Crippen molar-refractivity contribution in [1.82, 2.24) is 20.3 Å². The van der Waals surface area contributed by atoms with Crippen LogP contribution in [0, 0.1) is 11.3 Å². The van der Waals surface area contributed by atoms with Crippen LogP contribution >= 0.6 is 0 Å². The Hall–Kier alpha value is -2.45. The van der Waals surface area contributed by atoms with E-state index >= 15 is 0 Å². The summed E-state index contributed by atoms with van der Waals surface area (Å²) >= 11 is 0. The average Bonchev–Trinajstić information content (AvgIpc) is 3.68. The number of hydrogen-bond acceptors (Lipinski definition) is 9. The number of β-amino-alcohol motifs (C(OH)–C–C–N with tert-alkyl or cyclic N) is 1. The fourth-order valence-corrected chi connectivity index (χ4v) is 6.62. The van der Waals surface area contributed by atoms with Crippen molar-refractivity contribution in [1.29, 1.82) is 0 Å². The molecular formula is C26H42N4O9S. The van der Waals surface area contributed by atoms with Gasteiger partial charge >= 0.3 is 16.4 Å². The summed E-state index contributed by atoms with van der Waals surface area (Å²) in [7, 11) is -4.34. The number of nitrogens with zero attached hydrogens (tertiary/aromatic N) is 1. The molecule has 0 aromatic rings. The molecule has 4 amide bonds. The van der Waals surface area contributed by atoms with Crippen LogP contribution in [0.25, 0.3) is 0 Å². The standard InChI is InChI=1S/C26H42N4O9S/c1-5-15-13-26(15,23(34)29-40(36,37)39-18-10-11-18)28-21(32)19-12-16(31)14-30(19)22(33)20(25(2,3)4)27-24(35)38-17-8-6-7-9-17/h15-20,31H,5-14H2,1-4H3,(H,27,35)(H,28,32)(H,29,34). The van der Waals surface area contributed by atoms with Gasteiger partial charge in [-0.15, -0.1) is 0 Å². The van der Waals surface area contributed by atoms with E-state index in [2.05, 4.69) is 10.6 Å². The highest BCUT2D eigenvalue weighted by molar-refractivity contribution is 7.85. The largest absolute Gasteiger partial charge is 0.446 e. The third-order valence-electron chi connectivity index (χ3n) is 8.17. The van der Waals surface area contributed by atoms with E-state index in [1.807, 2.05) is 11.6 Å². The number of amides is 4. The van der Waals surface area contributed by atoms with Gasteiger partial charge in [-0.1, -0.05) is 34.1 Å². The zero-order chi connectivity index (χ0) is 29.5. The van der Waals surface area contributed by atoms with Crippen LogP contribution in [0.4, 0.5) is 4.79 Å². The summed E-state index contributed by atoms with van der Waals surface area (Å²) in [5, 5.41) is 15.8. The van der Waals surface area contributed by atoms with Gasteiger partial charge in [-0.2, -0.15) is 8.42 Å². The summed E-state index contributed by atoms with van der Waals surface area (Å²) in [6.07, 6.45) is 2.96. The van der Waals surface area contributed by atoms with Crippen LogP contribution in [0.1, 0.15) is 85.5 Å². The molecule has 1 heterocycles. The third kappa shape index (κ3) is 7.06. The van der Waals surface area contributed by atoms with Crippen molar-refractivity contribution in [2.75, 3.05) is 6.54 Å². The Bertz CT molecular complexity index is 1110. The second-order valence-electron chi connectivity index (χ2n) is 12.6. The lowest BCUT2D eigenvalue weighted by atomic mass is 9.85. The first-order valence-electron chi connectivity index (χ1n) is 14.2. The quantitative estimate of drug-likeness (QED) is 0.289. The summed E-state index contributed by atoms with van der Waals surface area (Å²) in [5.74, 6) is -2.45. The molecule has 3 saturated carbocycles. The van der Waals surface area contributed by atoms with E-state index in [1.54, 1.807) is 20.8 Å². The van der Waals surface area contributed by atoms with Gasteiger partial charge in [-0.25, -0.2) is 9.52 Å². The van der Waals surface area contributed by atoms with E-state index in [0.29, 0.717) is 19.3 Å². The number of carbonyl (C=O) groups excluding carboxylic acids is 4. The van der Waals surface area contributed by atoms with Gasteiger partial charge in [0.15, 0.2) is 0 Å². The van der Waals surface area contributed by atoms with Crippen LogP contribution < -0.4 is 15.4 Å². The number of carbonyl (C=O) groups is 4. The molecule has 5 unspecified atom stereocenters. The van der Waals surface area contributed by atoms with Gasteiger partial charge in [-0.3, -0.25) is 18.6 Å². The number of rotatable bonds is 10. The topological polar surface area (TPSA) is 180 Å². The van der Waals surface area contributed by atoms with Crippen LogP contribution in [-0.4, -0.2) is 84.7 Å². The molecule has 3 aliphatic carbocycles. The van der Waals surface area contributed by atoms with Crippen LogP contribution in [0.15, 0.2) is 0 Å². The number of aliphatic hydroxyl groups excluding tert-OH is 1. The number of aliphatic hydroxyl groups is 1. The normalized spacial score (nSPS) is 29.5. The lowest BCUT2D eigenvalue weighted by Crippen LogP contribution is -2.60. The SMILES string of the molecule is CCC1CC1(NC(=O)C1CC(O)CN1C(=O)C(NC(=O)OC1CCCC1)C(C)(C)C)C(=O)NS(=O)(=O)OC1CC1. The summed E-state index contributed by atoms with van der Waals surface area (Å²) in [4.78, 5) is 54.2. The van der Waals surface area contributed by atoms with Gasteiger partial charge in [-0.05, 0) is 56.3 Å². The summed E-state index contributed by atoms with van der Waals surface area (Å²) in [6.45, 7) is 6.99. The van der Waals surface area contributed by atoms with Crippen molar-refractivity contribution in [3.8, 4) is 0 Å². The van der Waals surface area contributed by atoms with Gasteiger partial charge in [0.1, 0.15) is 23.7 Å². The van der Waals surface area contributed by atoms with Crippen molar-refractivity contribution in [2.24, 2.45) is 11.3 Å². The van der Waals surface area contributed by atoms with Crippen molar-refractivity contribution in [2.45, 2.75) is 121 Å². The highest BCUT2D eigenvalue weighted by Gasteiger charge is 2.62. The maximum atomic E-state index is 13.7. The fourth-order valence-electron chi connectivity index (χ4n) is 5.62. The predicted octanol–water partition coefficient (Wildman–Crippen LogP) is 0.857. The van der Waals surface area contributed by atoms with E-state index in [4.69, 9.17) is 8.92 Å². The first-order chi connectivity index (χ1) is 18.6. The summed E-state index contributed by atoms with van der Waals surface area (Å²) in [6, 6.07) is -2.17. The summed E-state index contributed by atoms with van der Waals surface area (Å²) in [5.41, 5.74) is -2.22. The molecule has 0 aromatic heterocycles. The molecule has 4 N–H and O–H groups in total. The maximum absolute atomic E-state index is 13.7. The molecule has 4 aliphatic rings. The number of ether oxygens (including phenoxy) is 1. The molecule has 14 heteroatoms. The van der Waals surface area contributed by atoms with Crippen molar-refractivity contribution < 1.29 is 41.6 Å². The van der Waals surface area contributed by atoms with Crippen LogP contribution in [0.5, 0.6) is 0 Å². The predicted molar refractivity (Wildman–Crippen MR) is 142 cm³/mol. The van der Waals surface area contributed by atoms with Crippen LogP contribution in [0.3, 0.4) is 0 Å². The highest BCUT2D eigenvalue weighted by Crippen LogP contribution is 2.46. The monoisotopic (exact) mass is 586 g/mol. The molecule has 0 aromatic carbocycles. The Balaban J connectivity index is 1.46. The molecule has 226 valence electrons. The second-order valence-corrected chi connectivity index (χ2v) is 13.9. The van der Waals surface area contributed by atoms with Crippen molar-refractivity contribution >= 4 is 34.1 Å². The maximum Gasteiger partial charge on any atom is 0.408 e. The second kappa shape index (κ2) is 11.4. The Labute approximate surface area is 235 Å². The molecule has 5 atom stereocenters. The Morgan fingerprint density at radius 1 is 1.07 bits per heavy atom. The van der Waals surface area contributed by atoms with Crippen molar-refractivity contribution in [3.05, 3.63) is 0 Å². The number of nitrogens with one attached hydrogen (secondary N) is 3. The molecule has 0 spiro atoms. The highest BCUT2D eigenvalue weighted by atomic mass is 32.2. The van der Waals surface area contributed by atoms with Gasteiger partial charge in [0, 0.05) is 13.0 Å². The van der Waals surface area contributed by atoms with Crippen LogP contribution in [0.2, 0.25) is 0 Å². The summed E-state index contributed by atoms with van der Waals surface area (Å²) < 4.78 is 36.8.